The summed E-state index contributed by atoms with van der Waals surface area (Å²) < 4.78 is 2.03. The fraction of sp³-hybridized carbons (Fsp3) is 0.467. The van der Waals surface area contributed by atoms with E-state index in [1.165, 1.54) is 0 Å². The first-order valence-corrected chi connectivity index (χ1v) is 7.98. The Labute approximate surface area is 127 Å². The van der Waals surface area contributed by atoms with E-state index in [2.05, 4.69) is 4.98 Å². The number of nitrogens with zero attached hydrogens (tertiary/aromatic N) is 3. The number of aromatic nitrogens is 2. The number of aryl methyl sites for hydroxylation is 1. The molecule has 6 heteroatoms. The van der Waals surface area contributed by atoms with Crippen LogP contribution in [0.3, 0.4) is 0 Å². The van der Waals surface area contributed by atoms with Crippen molar-refractivity contribution in [2.24, 2.45) is 5.92 Å². The van der Waals surface area contributed by atoms with Gasteiger partial charge >= 0.3 is 0 Å². The normalized spacial score (nSPS) is 18.4. The molecule has 0 aliphatic carbocycles. The lowest BCUT2D eigenvalue weighted by atomic mass is 10.1. The van der Waals surface area contributed by atoms with Gasteiger partial charge in [-0.1, -0.05) is 0 Å². The molecule has 0 bridgehead atoms. The van der Waals surface area contributed by atoms with Crippen LogP contribution in [0.2, 0.25) is 0 Å². The number of amides is 1. The van der Waals surface area contributed by atoms with E-state index in [4.69, 9.17) is 0 Å². The van der Waals surface area contributed by atoms with Crippen LogP contribution in [0.15, 0.2) is 17.6 Å². The smallest absolute Gasteiger partial charge is 0.255 e. The van der Waals surface area contributed by atoms with E-state index in [-0.39, 0.29) is 18.4 Å². The summed E-state index contributed by atoms with van der Waals surface area (Å²) in [5, 5.41) is 12.0. The predicted molar refractivity (Wildman–Crippen MR) is 82.0 cm³/mol. The van der Waals surface area contributed by atoms with Crippen molar-refractivity contribution in [2.45, 2.75) is 20.3 Å². The van der Waals surface area contributed by atoms with Gasteiger partial charge in [0.05, 0.1) is 5.56 Å². The van der Waals surface area contributed by atoms with Crippen molar-refractivity contribution in [3.05, 3.63) is 34.6 Å². The zero-order valence-corrected chi connectivity index (χ0v) is 13.1. The molecule has 1 aliphatic rings. The van der Waals surface area contributed by atoms with Crippen LogP contribution < -0.4 is 0 Å². The zero-order chi connectivity index (χ0) is 15.0. The van der Waals surface area contributed by atoms with Gasteiger partial charge in [0.15, 0.2) is 5.13 Å². The van der Waals surface area contributed by atoms with Gasteiger partial charge in [-0.3, -0.25) is 9.36 Å². The van der Waals surface area contributed by atoms with Crippen LogP contribution in [0.4, 0.5) is 0 Å². The van der Waals surface area contributed by atoms with Crippen molar-refractivity contribution in [3.8, 4) is 5.13 Å². The number of carbonyl (C=O) groups excluding carboxylic acids is 1. The monoisotopic (exact) mass is 305 g/mol. The lowest BCUT2D eigenvalue weighted by Crippen LogP contribution is -2.29. The Morgan fingerprint density at radius 2 is 2.33 bits per heavy atom. The van der Waals surface area contributed by atoms with Gasteiger partial charge in [0, 0.05) is 48.6 Å². The number of hydrogen-bond acceptors (Lipinski definition) is 4. The Bertz CT molecular complexity index is 648. The quantitative estimate of drug-likeness (QED) is 0.943. The van der Waals surface area contributed by atoms with Gasteiger partial charge in [-0.25, -0.2) is 4.98 Å². The maximum atomic E-state index is 12.7. The topological polar surface area (TPSA) is 58.4 Å². The standard InChI is InChI=1S/C15H19N3O2S/c1-10-7-13(11(2)18(10)15-16-4-6-21-15)14(20)17-5-3-12(8-17)9-19/h4,6-7,12,19H,3,5,8-9H2,1-2H3. The van der Waals surface area contributed by atoms with Crippen LogP contribution in [0.1, 0.15) is 28.2 Å². The lowest BCUT2D eigenvalue weighted by Gasteiger charge is -2.16. The van der Waals surface area contributed by atoms with Gasteiger partial charge in [0.2, 0.25) is 0 Å². The summed E-state index contributed by atoms with van der Waals surface area (Å²) in [5.41, 5.74) is 2.69. The van der Waals surface area contributed by atoms with Crippen molar-refractivity contribution < 1.29 is 9.90 Å². The molecule has 0 saturated carbocycles. The SMILES string of the molecule is Cc1cc(C(=O)N2CCC(CO)C2)c(C)n1-c1nccs1. The first kappa shape index (κ1) is 14.3. The summed E-state index contributed by atoms with van der Waals surface area (Å²) >= 11 is 1.56. The van der Waals surface area contributed by atoms with Crippen LogP contribution in [0, 0.1) is 19.8 Å². The molecule has 0 radical (unpaired) electrons. The molecule has 1 N–H and O–H groups in total. The van der Waals surface area contributed by atoms with Crippen molar-refractivity contribution in [2.75, 3.05) is 19.7 Å². The van der Waals surface area contributed by atoms with Gasteiger partial charge < -0.3 is 10.0 Å². The third-order valence-corrected chi connectivity index (χ3v) is 4.86. The molecule has 1 unspecified atom stereocenters. The third-order valence-electron chi connectivity index (χ3n) is 4.10. The molecule has 1 atom stereocenters. The average molecular weight is 305 g/mol. The Hall–Kier alpha value is -1.66. The van der Waals surface area contributed by atoms with Crippen molar-refractivity contribution >= 4 is 17.2 Å². The lowest BCUT2D eigenvalue weighted by molar-refractivity contribution is 0.0781. The molecular formula is C15H19N3O2S. The van der Waals surface area contributed by atoms with Crippen LogP contribution in [0.5, 0.6) is 0 Å². The Morgan fingerprint density at radius 3 is 2.95 bits per heavy atom. The van der Waals surface area contributed by atoms with E-state index >= 15 is 0 Å². The summed E-state index contributed by atoms with van der Waals surface area (Å²) in [4.78, 5) is 18.8. The van der Waals surface area contributed by atoms with Gasteiger partial charge in [0.25, 0.3) is 5.91 Å². The van der Waals surface area contributed by atoms with Crippen LogP contribution in [-0.2, 0) is 0 Å². The summed E-state index contributed by atoms with van der Waals surface area (Å²) in [7, 11) is 0. The fourth-order valence-corrected chi connectivity index (χ4v) is 3.69. The zero-order valence-electron chi connectivity index (χ0n) is 12.2. The molecule has 5 nitrogen and oxygen atoms in total. The summed E-state index contributed by atoms with van der Waals surface area (Å²) in [6, 6.07) is 1.94. The average Bonchev–Trinajstić information content (AvgIpc) is 3.18. The molecular weight excluding hydrogens is 286 g/mol. The molecule has 0 aromatic carbocycles. The van der Waals surface area contributed by atoms with E-state index < -0.39 is 0 Å². The van der Waals surface area contributed by atoms with Crippen molar-refractivity contribution in [1.82, 2.24) is 14.5 Å². The highest BCUT2D eigenvalue weighted by Crippen LogP contribution is 2.25. The summed E-state index contributed by atoms with van der Waals surface area (Å²) in [5.74, 6) is 0.276. The Kier molecular flexibility index (Phi) is 3.82. The molecule has 3 rings (SSSR count). The van der Waals surface area contributed by atoms with Gasteiger partial charge in [-0.05, 0) is 26.3 Å². The van der Waals surface area contributed by atoms with Crippen LogP contribution in [0.25, 0.3) is 5.13 Å². The second-order valence-corrected chi connectivity index (χ2v) is 6.40. The van der Waals surface area contributed by atoms with Crippen molar-refractivity contribution in [1.29, 1.82) is 0 Å². The predicted octanol–water partition coefficient (Wildman–Crippen LogP) is 2.01. The molecule has 1 aliphatic heterocycles. The van der Waals surface area contributed by atoms with E-state index in [1.807, 2.05) is 34.8 Å². The largest absolute Gasteiger partial charge is 0.396 e. The number of aliphatic hydroxyl groups is 1. The van der Waals surface area contributed by atoms with Crippen molar-refractivity contribution in [3.63, 3.8) is 0 Å². The first-order valence-electron chi connectivity index (χ1n) is 7.10. The second-order valence-electron chi connectivity index (χ2n) is 5.52. The maximum Gasteiger partial charge on any atom is 0.255 e. The van der Waals surface area contributed by atoms with Gasteiger partial charge in [-0.2, -0.15) is 0 Å². The fourth-order valence-electron chi connectivity index (χ4n) is 2.94. The van der Waals surface area contributed by atoms with Crippen LogP contribution >= 0.6 is 11.3 Å². The molecule has 0 spiro atoms. The number of aliphatic hydroxyl groups excluding tert-OH is 1. The van der Waals surface area contributed by atoms with Gasteiger partial charge in [-0.15, -0.1) is 11.3 Å². The van der Waals surface area contributed by atoms with E-state index in [0.29, 0.717) is 6.54 Å². The highest BCUT2D eigenvalue weighted by molar-refractivity contribution is 7.12. The number of hydrogen-bond donors (Lipinski definition) is 1. The molecule has 2 aromatic rings. The first-order chi connectivity index (χ1) is 10.1. The highest BCUT2D eigenvalue weighted by atomic mass is 32.1. The molecule has 1 amide bonds. The second kappa shape index (κ2) is 5.61. The minimum atomic E-state index is 0.0573. The van der Waals surface area contributed by atoms with E-state index in [9.17, 15) is 9.90 Å². The minimum Gasteiger partial charge on any atom is -0.396 e. The maximum absolute atomic E-state index is 12.7. The Balaban J connectivity index is 1.90. The Morgan fingerprint density at radius 1 is 1.52 bits per heavy atom. The number of thiazole rings is 1. The molecule has 1 fully saturated rings. The van der Waals surface area contributed by atoms with Gasteiger partial charge in [0.1, 0.15) is 0 Å². The number of rotatable bonds is 3. The summed E-state index contributed by atoms with van der Waals surface area (Å²) in [6.07, 6.45) is 2.65. The van der Waals surface area contributed by atoms with E-state index in [1.54, 1.807) is 17.5 Å². The number of carbonyl (C=O) groups is 1. The van der Waals surface area contributed by atoms with Crippen LogP contribution in [-0.4, -0.2) is 45.2 Å². The minimum absolute atomic E-state index is 0.0573. The number of likely N-dealkylation sites (tertiary alicyclic amines) is 1. The third kappa shape index (κ3) is 2.49. The molecule has 2 aromatic heterocycles. The molecule has 21 heavy (non-hydrogen) atoms. The molecule has 112 valence electrons. The highest BCUT2D eigenvalue weighted by Gasteiger charge is 2.28. The van der Waals surface area contributed by atoms with E-state index in [0.717, 1.165) is 35.0 Å². The molecule has 3 heterocycles. The summed E-state index contributed by atoms with van der Waals surface area (Å²) in [6.45, 7) is 5.48. The molecule has 1 saturated heterocycles.